The van der Waals surface area contributed by atoms with Crippen molar-refractivity contribution in [3.8, 4) is 11.1 Å². The highest BCUT2D eigenvalue weighted by Gasteiger charge is 2.36. The summed E-state index contributed by atoms with van der Waals surface area (Å²) in [6.45, 7) is 0. The molecule has 1 aromatic heterocycles. The van der Waals surface area contributed by atoms with Crippen LogP contribution in [0.5, 0.6) is 0 Å². The molecular weight excluding hydrogens is 265 g/mol. The highest BCUT2D eigenvalue weighted by atomic mass is 19.4. The maximum atomic E-state index is 12.9. The number of hydrogen-bond acceptors (Lipinski definition) is 4. The molecule has 0 bridgehead atoms. The predicted octanol–water partition coefficient (Wildman–Crippen LogP) is 2.64. The van der Waals surface area contributed by atoms with Gasteiger partial charge < -0.3 is 15.4 Å². The van der Waals surface area contributed by atoms with E-state index in [4.69, 9.17) is 10.8 Å². The van der Waals surface area contributed by atoms with Gasteiger partial charge in [-0.25, -0.2) is 4.79 Å². The first-order valence-electron chi connectivity index (χ1n) is 4.97. The van der Waals surface area contributed by atoms with Crippen LogP contribution in [0.1, 0.15) is 16.1 Å². The van der Waals surface area contributed by atoms with Crippen LogP contribution in [0.2, 0.25) is 0 Å². The molecule has 0 aliphatic heterocycles. The summed E-state index contributed by atoms with van der Waals surface area (Å²) in [5.74, 6) is -2.00. The zero-order valence-electron chi connectivity index (χ0n) is 9.23. The number of rotatable bonds is 2. The Bertz CT molecular complexity index is 634. The SMILES string of the molecule is Nc1onc(C(=O)O)c1-c1ccccc1C(F)(F)F. The van der Waals surface area contributed by atoms with Gasteiger partial charge in [0.15, 0.2) is 0 Å². The summed E-state index contributed by atoms with van der Waals surface area (Å²) in [4.78, 5) is 10.9. The van der Waals surface area contributed by atoms with Crippen LogP contribution in [-0.2, 0) is 6.18 Å². The first-order chi connectivity index (χ1) is 8.82. The molecule has 0 unspecified atom stereocenters. The number of anilines is 1. The van der Waals surface area contributed by atoms with Crippen molar-refractivity contribution in [1.82, 2.24) is 5.16 Å². The van der Waals surface area contributed by atoms with Gasteiger partial charge in [-0.3, -0.25) is 0 Å². The number of nitrogen functional groups attached to an aromatic ring is 1. The van der Waals surface area contributed by atoms with Gasteiger partial charge in [0.2, 0.25) is 11.6 Å². The highest BCUT2D eigenvalue weighted by Crippen LogP contribution is 2.40. The van der Waals surface area contributed by atoms with E-state index in [-0.39, 0.29) is 11.1 Å². The third-order valence-electron chi connectivity index (χ3n) is 2.42. The number of aromatic carboxylic acids is 1. The molecule has 2 aromatic rings. The average Bonchev–Trinajstić information content (AvgIpc) is 2.70. The molecule has 0 saturated carbocycles. The molecule has 1 aromatic carbocycles. The Hall–Kier alpha value is -2.51. The van der Waals surface area contributed by atoms with E-state index in [0.717, 1.165) is 12.1 Å². The van der Waals surface area contributed by atoms with Crippen molar-refractivity contribution < 1.29 is 27.6 Å². The molecule has 19 heavy (non-hydrogen) atoms. The zero-order valence-corrected chi connectivity index (χ0v) is 9.23. The van der Waals surface area contributed by atoms with Crippen LogP contribution in [0.25, 0.3) is 11.1 Å². The molecule has 0 saturated heterocycles. The van der Waals surface area contributed by atoms with Gasteiger partial charge in [0.1, 0.15) is 0 Å². The number of nitrogens with two attached hydrogens (primary N) is 1. The minimum Gasteiger partial charge on any atom is -0.476 e. The van der Waals surface area contributed by atoms with Gasteiger partial charge >= 0.3 is 12.1 Å². The second-order valence-electron chi connectivity index (χ2n) is 3.62. The summed E-state index contributed by atoms with van der Waals surface area (Å²) in [7, 11) is 0. The molecule has 1 heterocycles. The van der Waals surface area contributed by atoms with Gasteiger partial charge in [-0.05, 0) is 6.07 Å². The van der Waals surface area contributed by atoms with E-state index in [1.807, 2.05) is 0 Å². The van der Waals surface area contributed by atoms with Crippen molar-refractivity contribution in [2.75, 3.05) is 5.73 Å². The number of aromatic nitrogens is 1. The summed E-state index contributed by atoms with van der Waals surface area (Å²) in [6, 6.07) is 4.46. The Morgan fingerprint density at radius 3 is 2.53 bits per heavy atom. The fourth-order valence-corrected chi connectivity index (χ4v) is 1.66. The Morgan fingerprint density at radius 1 is 1.32 bits per heavy atom. The number of carboxylic acids is 1. The highest BCUT2D eigenvalue weighted by molar-refractivity contribution is 5.97. The zero-order chi connectivity index (χ0) is 14.2. The number of carbonyl (C=O) groups is 1. The third kappa shape index (κ3) is 2.24. The van der Waals surface area contributed by atoms with E-state index in [1.165, 1.54) is 12.1 Å². The molecule has 100 valence electrons. The van der Waals surface area contributed by atoms with Gasteiger partial charge in [-0.2, -0.15) is 13.2 Å². The topological polar surface area (TPSA) is 89.4 Å². The smallest absolute Gasteiger partial charge is 0.417 e. The monoisotopic (exact) mass is 272 g/mol. The average molecular weight is 272 g/mol. The molecule has 0 aliphatic rings. The number of halogens is 3. The van der Waals surface area contributed by atoms with Crippen LogP contribution in [0, 0.1) is 0 Å². The van der Waals surface area contributed by atoms with E-state index in [1.54, 1.807) is 0 Å². The standard InChI is InChI=1S/C11H7F3N2O3/c12-11(13,14)6-4-2-1-3-5(6)7-8(10(17)18)16-19-9(7)15/h1-4H,15H2,(H,17,18). The third-order valence-corrected chi connectivity index (χ3v) is 2.42. The van der Waals surface area contributed by atoms with Gasteiger partial charge in [-0.1, -0.05) is 23.4 Å². The van der Waals surface area contributed by atoms with Crippen LogP contribution in [0.4, 0.5) is 19.1 Å². The molecule has 2 rings (SSSR count). The minimum atomic E-state index is -4.64. The Kier molecular flexibility index (Phi) is 2.93. The largest absolute Gasteiger partial charge is 0.476 e. The van der Waals surface area contributed by atoms with E-state index in [0.29, 0.717) is 0 Å². The van der Waals surface area contributed by atoms with Crippen LogP contribution in [-0.4, -0.2) is 16.2 Å². The minimum absolute atomic E-state index is 0.375. The lowest BCUT2D eigenvalue weighted by Crippen LogP contribution is -2.09. The van der Waals surface area contributed by atoms with Crippen LogP contribution in [0.3, 0.4) is 0 Å². The summed E-state index contributed by atoms with van der Waals surface area (Å²) in [5.41, 5.74) is 2.94. The van der Waals surface area contributed by atoms with Crippen molar-refractivity contribution in [3.05, 3.63) is 35.5 Å². The summed E-state index contributed by atoms with van der Waals surface area (Å²) < 4.78 is 43.1. The van der Waals surface area contributed by atoms with E-state index in [2.05, 4.69) is 9.68 Å². The molecule has 0 fully saturated rings. The molecule has 5 nitrogen and oxygen atoms in total. The van der Waals surface area contributed by atoms with Crippen molar-refractivity contribution >= 4 is 11.9 Å². The Labute approximate surface area is 104 Å². The predicted molar refractivity (Wildman–Crippen MR) is 58.3 cm³/mol. The van der Waals surface area contributed by atoms with E-state index >= 15 is 0 Å². The molecule has 8 heteroatoms. The van der Waals surface area contributed by atoms with Crippen molar-refractivity contribution in [2.45, 2.75) is 6.18 Å². The van der Waals surface area contributed by atoms with Gasteiger partial charge in [0.25, 0.3) is 0 Å². The van der Waals surface area contributed by atoms with E-state index in [9.17, 15) is 18.0 Å². The van der Waals surface area contributed by atoms with Crippen LogP contribution < -0.4 is 5.73 Å². The van der Waals surface area contributed by atoms with Gasteiger partial charge in [0.05, 0.1) is 11.1 Å². The molecule has 3 N–H and O–H groups in total. The van der Waals surface area contributed by atoms with Crippen molar-refractivity contribution in [1.29, 1.82) is 0 Å². The molecule has 0 radical (unpaired) electrons. The van der Waals surface area contributed by atoms with Crippen LogP contribution in [0.15, 0.2) is 28.8 Å². The lowest BCUT2D eigenvalue weighted by molar-refractivity contribution is -0.137. The summed E-state index contributed by atoms with van der Waals surface area (Å²) >= 11 is 0. The molecule has 0 amide bonds. The number of carboxylic acid groups (broad SMARTS) is 1. The lowest BCUT2D eigenvalue weighted by atomic mass is 9.99. The molecule has 0 spiro atoms. The molecule has 0 atom stereocenters. The molecule has 0 aliphatic carbocycles. The maximum absolute atomic E-state index is 12.9. The van der Waals surface area contributed by atoms with Crippen LogP contribution >= 0.6 is 0 Å². The number of benzene rings is 1. The fourth-order valence-electron chi connectivity index (χ4n) is 1.66. The first kappa shape index (κ1) is 12.9. The van der Waals surface area contributed by atoms with E-state index < -0.39 is 29.3 Å². The quantitative estimate of drug-likeness (QED) is 0.877. The number of hydrogen-bond donors (Lipinski definition) is 2. The summed E-state index contributed by atoms with van der Waals surface area (Å²) in [5, 5.41) is 12.0. The second-order valence-corrected chi connectivity index (χ2v) is 3.62. The van der Waals surface area contributed by atoms with Gasteiger partial charge in [0, 0.05) is 5.56 Å². The second kappa shape index (κ2) is 4.30. The fraction of sp³-hybridized carbons (Fsp3) is 0.0909. The van der Waals surface area contributed by atoms with Gasteiger partial charge in [-0.15, -0.1) is 0 Å². The Morgan fingerprint density at radius 2 is 1.95 bits per heavy atom. The normalized spacial score (nSPS) is 11.5. The first-order valence-corrected chi connectivity index (χ1v) is 4.97. The molecular formula is C11H7F3N2O3. The lowest BCUT2D eigenvalue weighted by Gasteiger charge is -2.11. The maximum Gasteiger partial charge on any atom is 0.417 e. The Balaban J connectivity index is 2.73. The van der Waals surface area contributed by atoms with Crippen molar-refractivity contribution in [2.24, 2.45) is 0 Å². The summed E-state index contributed by atoms with van der Waals surface area (Å²) in [6.07, 6.45) is -4.64. The van der Waals surface area contributed by atoms with Crippen molar-refractivity contribution in [3.63, 3.8) is 0 Å². The number of alkyl halides is 3. The number of nitrogens with zero attached hydrogens (tertiary/aromatic N) is 1.